The van der Waals surface area contributed by atoms with Crippen LogP contribution in [0.3, 0.4) is 0 Å². The Labute approximate surface area is 142 Å². The second-order valence-electron chi connectivity index (χ2n) is 5.77. The summed E-state index contributed by atoms with van der Waals surface area (Å²) in [7, 11) is 1.40. The monoisotopic (exact) mass is 316 g/mol. The number of carbonyl (C=O) groups is 1. The smallest absolute Gasteiger partial charge is 0.337 e. The van der Waals surface area contributed by atoms with E-state index < -0.39 is 0 Å². The zero-order valence-corrected chi connectivity index (χ0v) is 13.7. The van der Waals surface area contributed by atoms with Crippen molar-refractivity contribution in [3.63, 3.8) is 0 Å². The Hall–Kier alpha value is -2.87. The molecular formula is C22H20O2. The van der Waals surface area contributed by atoms with Crippen molar-refractivity contribution in [3.8, 4) is 0 Å². The van der Waals surface area contributed by atoms with Crippen LogP contribution in [0.4, 0.5) is 0 Å². The number of hydrogen-bond acceptors (Lipinski definition) is 2. The summed E-state index contributed by atoms with van der Waals surface area (Å²) in [6.07, 6.45) is 0.884. The van der Waals surface area contributed by atoms with E-state index in [1.807, 2.05) is 36.4 Å². The van der Waals surface area contributed by atoms with Crippen molar-refractivity contribution < 1.29 is 9.53 Å². The van der Waals surface area contributed by atoms with E-state index in [1.54, 1.807) is 0 Å². The summed E-state index contributed by atoms with van der Waals surface area (Å²) in [5.74, 6) is -0.0133. The van der Waals surface area contributed by atoms with Crippen LogP contribution in [0.2, 0.25) is 0 Å². The number of carbonyl (C=O) groups excluding carboxylic acids is 1. The molecule has 0 N–H and O–H groups in total. The molecule has 0 saturated heterocycles. The molecule has 0 atom stereocenters. The zero-order chi connectivity index (χ0) is 16.8. The number of esters is 1. The molecule has 0 spiro atoms. The summed E-state index contributed by atoms with van der Waals surface area (Å²) >= 11 is 0. The Morgan fingerprint density at radius 2 is 1.29 bits per heavy atom. The maximum absolute atomic E-state index is 11.6. The first kappa shape index (κ1) is 16.0. The third kappa shape index (κ3) is 3.72. The number of ether oxygens (including phenoxy) is 1. The van der Waals surface area contributed by atoms with Crippen molar-refractivity contribution in [2.24, 2.45) is 0 Å². The highest BCUT2D eigenvalue weighted by Gasteiger charge is 2.15. The summed E-state index contributed by atoms with van der Waals surface area (Å²) < 4.78 is 4.76. The van der Waals surface area contributed by atoms with Crippen LogP contribution in [0.15, 0.2) is 84.9 Å². The molecule has 0 saturated carbocycles. The van der Waals surface area contributed by atoms with Gasteiger partial charge < -0.3 is 4.74 Å². The Bertz CT molecular complexity index is 738. The SMILES string of the molecule is COC(=O)c1ccc(CC(c2ccccc2)c2ccccc2)cc1. The fraction of sp³-hybridized carbons (Fsp3) is 0.136. The lowest BCUT2D eigenvalue weighted by Gasteiger charge is -2.18. The van der Waals surface area contributed by atoms with E-state index in [0.717, 1.165) is 6.42 Å². The number of rotatable bonds is 5. The lowest BCUT2D eigenvalue weighted by atomic mass is 9.86. The van der Waals surface area contributed by atoms with Crippen molar-refractivity contribution in [3.05, 3.63) is 107 Å². The minimum atomic E-state index is -0.302. The molecule has 2 heteroatoms. The molecule has 0 amide bonds. The average Bonchev–Trinajstić information content (AvgIpc) is 2.67. The van der Waals surface area contributed by atoms with Crippen LogP contribution in [0, 0.1) is 0 Å². The molecule has 0 radical (unpaired) electrons. The summed E-state index contributed by atoms with van der Waals surface area (Å²) in [4.78, 5) is 11.6. The number of hydrogen-bond donors (Lipinski definition) is 0. The fourth-order valence-electron chi connectivity index (χ4n) is 2.93. The Morgan fingerprint density at radius 3 is 1.75 bits per heavy atom. The van der Waals surface area contributed by atoms with E-state index in [0.29, 0.717) is 5.56 Å². The van der Waals surface area contributed by atoms with Gasteiger partial charge in [-0.25, -0.2) is 4.79 Å². The van der Waals surface area contributed by atoms with Gasteiger partial charge in [0.05, 0.1) is 12.7 Å². The molecule has 3 aromatic carbocycles. The lowest BCUT2D eigenvalue weighted by Crippen LogP contribution is -2.06. The Balaban J connectivity index is 1.89. The third-order valence-electron chi connectivity index (χ3n) is 4.22. The van der Waals surface area contributed by atoms with Gasteiger partial charge in [0, 0.05) is 5.92 Å². The highest BCUT2D eigenvalue weighted by molar-refractivity contribution is 5.89. The van der Waals surface area contributed by atoms with Crippen LogP contribution in [0.1, 0.15) is 33.0 Å². The van der Waals surface area contributed by atoms with Gasteiger partial charge in [-0.3, -0.25) is 0 Å². The molecule has 0 aliphatic carbocycles. The molecule has 3 rings (SSSR count). The van der Waals surface area contributed by atoms with E-state index in [9.17, 15) is 4.79 Å². The highest BCUT2D eigenvalue weighted by Crippen LogP contribution is 2.28. The second-order valence-corrected chi connectivity index (χ2v) is 5.77. The van der Waals surface area contributed by atoms with Crippen LogP contribution < -0.4 is 0 Å². The van der Waals surface area contributed by atoms with Crippen molar-refractivity contribution in [2.45, 2.75) is 12.3 Å². The van der Waals surface area contributed by atoms with Gasteiger partial charge in [0.1, 0.15) is 0 Å². The Kier molecular flexibility index (Phi) is 5.07. The number of methoxy groups -OCH3 is 1. The minimum Gasteiger partial charge on any atom is -0.465 e. The van der Waals surface area contributed by atoms with Gasteiger partial charge in [0.15, 0.2) is 0 Å². The standard InChI is InChI=1S/C22H20O2/c1-24-22(23)20-14-12-17(13-15-20)16-21(18-8-4-2-5-9-18)19-10-6-3-7-11-19/h2-15,21H,16H2,1H3. The summed E-state index contributed by atoms with van der Waals surface area (Å²) in [5.41, 5.74) is 4.36. The lowest BCUT2D eigenvalue weighted by molar-refractivity contribution is 0.0600. The van der Waals surface area contributed by atoms with Crippen LogP contribution in [0.25, 0.3) is 0 Å². The van der Waals surface area contributed by atoms with Gasteiger partial charge in [-0.05, 0) is 35.2 Å². The summed E-state index contributed by atoms with van der Waals surface area (Å²) in [5, 5.41) is 0. The summed E-state index contributed by atoms with van der Waals surface area (Å²) in [6, 6.07) is 28.7. The van der Waals surface area contributed by atoms with Gasteiger partial charge in [-0.1, -0.05) is 72.8 Å². The molecule has 0 aliphatic heterocycles. The molecule has 0 unspecified atom stereocenters. The van der Waals surface area contributed by atoms with Gasteiger partial charge in [-0.2, -0.15) is 0 Å². The first-order chi connectivity index (χ1) is 11.8. The van der Waals surface area contributed by atoms with Crippen LogP contribution in [-0.2, 0) is 11.2 Å². The molecule has 0 fully saturated rings. The van der Waals surface area contributed by atoms with Gasteiger partial charge in [0.2, 0.25) is 0 Å². The molecular weight excluding hydrogens is 296 g/mol. The second kappa shape index (κ2) is 7.60. The average molecular weight is 316 g/mol. The molecule has 0 aliphatic rings. The quantitative estimate of drug-likeness (QED) is 0.629. The number of benzene rings is 3. The van der Waals surface area contributed by atoms with E-state index >= 15 is 0 Å². The maximum Gasteiger partial charge on any atom is 0.337 e. The normalized spacial score (nSPS) is 10.6. The van der Waals surface area contributed by atoms with Gasteiger partial charge in [0.25, 0.3) is 0 Å². The van der Waals surface area contributed by atoms with E-state index in [1.165, 1.54) is 23.8 Å². The van der Waals surface area contributed by atoms with Crippen molar-refractivity contribution >= 4 is 5.97 Å². The molecule has 3 aromatic rings. The van der Waals surface area contributed by atoms with Crippen LogP contribution in [0.5, 0.6) is 0 Å². The van der Waals surface area contributed by atoms with Crippen LogP contribution >= 0.6 is 0 Å². The van der Waals surface area contributed by atoms with Crippen LogP contribution in [-0.4, -0.2) is 13.1 Å². The fourth-order valence-corrected chi connectivity index (χ4v) is 2.93. The molecule has 120 valence electrons. The highest BCUT2D eigenvalue weighted by atomic mass is 16.5. The summed E-state index contributed by atoms with van der Waals surface area (Å²) in [6.45, 7) is 0. The van der Waals surface area contributed by atoms with Gasteiger partial charge >= 0.3 is 5.97 Å². The third-order valence-corrected chi connectivity index (χ3v) is 4.22. The Morgan fingerprint density at radius 1 is 0.792 bits per heavy atom. The predicted octanol–water partition coefficient (Wildman–Crippen LogP) is 4.85. The van der Waals surface area contributed by atoms with Gasteiger partial charge in [-0.15, -0.1) is 0 Å². The zero-order valence-electron chi connectivity index (χ0n) is 13.7. The molecule has 2 nitrogen and oxygen atoms in total. The largest absolute Gasteiger partial charge is 0.465 e. The minimum absolute atomic E-state index is 0.288. The van der Waals surface area contributed by atoms with Crippen molar-refractivity contribution in [2.75, 3.05) is 7.11 Å². The molecule has 0 heterocycles. The topological polar surface area (TPSA) is 26.3 Å². The molecule has 0 bridgehead atoms. The van der Waals surface area contributed by atoms with Crippen molar-refractivity contribution in [1.82, 2.24) is 0 Å². The van der Waals surface area contributed by atoms with E-state index in [-0.39, 0.29) is 11.9 Å². The van der Waals surface area contributed by atoms with E-state index in [4.69, 9.17) is 4.74 Å². The predicted molar refractivity (Wildman–Crippen MR) is 96.2 cm³/mol. The molecule has 24 heavy (non-hydrogen) atoms. The maximum atomic E-state index is 11.6. The first-order valence-electron chi connectivity index (χ1n) is 8.05. The first-order valence-corrected chi connectivity index (χ1v) is 8.05. The molecule has 0 aromatic heterocycles. The van der Waals surface area contributed by atoms with Crippen molar-refractivity contribution in [1.29, 1.82) is 0 Å². The van der Waals surface area contributed by atoms with E-state index in [2.05, 4.69) is 48.5 Å².